The first-order valence-corrected chi connectivity index (χ1v) is 7.04. The maximum atomic E-state index is 13.0. The van der Waals surface area contributed by atoms with Crippen molar-refractivity contribution in [2.75, 3.05) is 5.73 Å². The van der Waals surface area contributed by atoms with Gasteiger partial charge in [0.2, 0.25) is 5.43 Å². The first-order valence-electron chi connectivity index (χ1n) is 7.04. The lowest BCUT2D eigenvalue weighted by molar-refractivity contribution is -0.137. The number of rotatable bonds is 2. The van der Waals surface area contributed by atoms with Crippen molar-refractivity contribution in [2.24, 2.45) is 0 Å². The van der Waals surface area contributed by atoms with Gasteiger partial charge in [0.15, 0.2) is 0 Å². The number of carbonyl (C=O) groups is 1. The Balaban J connectivity index is 2.40. The summed E-state index contributed by atoms with van der Waals surface area (Å²) in [7, 11) is 0. The molecular formula is C17H11F3N2O3. The molecule has 5 nitrogen and oxygen atoms in total. The van der Waals surface area contributed by atoms with Crippen molar-refractivity contribution >= 4 is 22.6 Å². The van der Waals surface area contributed by atoms with Gasteiger partial charge in [-0.15, -0.1) is 0 Å². The van der Waals surface area contributed by atoms with Crippen molar-refractivity contribution in [3.05, 3.63) is 70.0 Å². The Hall–Kier alpha value is -3.29. The topological polar surface area (TPSA) is 85.3 Å². The number of anilines is 1. The van der Waals surface area contributed by atoms with Gasteiger partial charge in [-0.3, -0.25) is 4.79 Å². The Labute approximate surface area is 138 Å². The smallest absolute Gasteiger partial charge is 0.416 e. The molecule has 1 heterocycles. The zero-order valence-electron chi connectivity index (χ0n) is 12.5. The minimum atomic E-state index is -4.62. The van der Waals surface area contributed by atoms with Crippen LogP contribution in [0.5, 0.6) is 0 Å². The number of para-hydroxylation sites is 1. The second-order valence-electron chi connectivity index (χ2n) is 5.38. The molecule has 0 radical (unpaired) electrons. The van der Waals surface area contributed by atoms with Crippen LogP contribution >= 0.6 is 0 Å². The highest BCUT2D eigenvalue weighted by molar-refractivity contribution is 5.93. The molecule has 0 aliphatic rings. The quantitative estimate of drug-likeness (QED) is 0.696. The van der Waals surface area contributed by atoms with E-state index < -0.39 is 28.7 Å². The molecule has 1 aromatic heterocycles. The number of benzene rings is 2. The number of hydrogen-bond donors (Lipinski definition) is 2. The third kappa shape index (κ3) is 2.93. The number of alkyl halides is 3. The number of hydrogen-bond acceptors (Lipinski definition) is 3. The van der Waals surface area contributed by atoms with Gasteiger partial charge in [-0.25, -0.2) is 4.79 Å². The zero-order valence-corrected chi connectivity index (χ0v) is 12.5. The van der Waals surface area contributed by atoms with Crippen LogP contribution in [0.1, 0.15) is 15.9 Å². The normalized spacial score (nSPS) is 11.6. The van der Waals surface area contributed by atoms with E-state index in [1.165, 1.54) is 22.8 Å². The van der Waals surface area contributed by atoms with Crippen LogP contribution in [-0.4, -0.2) is 15.6 Å². The summed E-state index contributed by atoms with van der Waals surface area (Å²) in [5.74, 6) is -1.47. The van der Waals surface area contributed by atoms with Gasteiger partial charge in [0.05, 0.1) is 11.1 Å². The van der Waals surface area contributed by atoms with Gasteiger partial charge in [-0.2, -0.15) is 13.2 Å². The summed E-state index contributed by atoms with van der Waals surface area (Å²) in [5.41, 5.74) is 3.49. The van der Waals surface area contributed by atoms with Crippen molar-refractivity contribution < 1.29 is 23.1 Å². The van der Waals surface area contributed by atoms with Crippen molar-refractivity contribution in [1.29, 1.82) is 0 Å². The number of nitrogen functional groups attached to an aromatic ring is 1. The number of pyridine rings is 1. The van der Waals surface area contributed by atoms with Gasteiger partial charge in [0.25, 0.3) is 0 Å². The molecule has 8 heteroatoms. The van der Waals surface area contributed by atoms with Gasteiger partial charge in [-0.05, 0) is 30.3 Å². The fourth-order valence-corrected chi connectivity index (χ4v) is 2.58. The van der Waals surface area contributed by atoms with Crippen molar-refractivity contribution in [3.8, 4) is 5.69 Å². The van der Waals surface area contributed by atoms with E-state index in [4.69, 9.17) is 5.73 Å². The zero-order chi connectivity index (χ0) is 18.4. The number of aromatic carboxylic acids is 1. The Morgan fingerprint density at radius 3 is 2.44 bits per heavy atom. The molecule has 3 rings (SSSR count). The number of aromatic nitrogens is 1. The molecule has 0 saturated carbocycles. The van der Waals surface area contributed by atoms with Crippen molar-refractivity contribution in [2.45, 2.75) is 6.18 Å². The molecule has 0 spiro atoms. The van der Waals surface area contributed by atoms with Crippen LogP contribution in [0, 0.1) is 0 Å². The fourth-order valence-electron chi connectivity index (χ4n) is 2.58. The first kappa shape index (κ1) is 16.6. The maximum Gasteiger partial charge on any atom is 0.416 e. The van der Waals surface area contributed by atoms with E-state index in [0.29, 0.717) is 0 Å². The van der Waals surface area contributed by atoms with E-state index in [0.717, 1.165) is 18.3 Å². The minimum Gasteiger partial charge on any atom is -0.477 e. The second kappa shape index (κ2) is 5.66. The summed E-state index contributed by atoms with van der Waals surface area (Å²) in [6.07, 6.45) is -3.61. The Morgan fingerprint density at radius 2 is 1.80 bits per heavy atom. The molecule has 0 atom stereocenters. The van der Waals surface area contributed by atoms with Crippen LogP contribution < -0.4 is 11.2 Å². The van der Waals surface area contributed by atoms with Crippen LogP contribution in [0.2, 0.25) is 0 Å². The average Bonchev–Trinajstić information content (AvgIpc) is 2.53. The van der Waals surface area contributed by atoms with E-state index in [1.54, 1.807) is 12.1 Å². The largest absolute Gasteiger partial charge is 0.477 e. The van der Waals surface area contributed by atoms with E-state index in [2.05, 4.69) is 0 Å². The van der Waals surface area contributed by atoms with E-state index in [1.807, 2.05) is 0 Å². The molecule has 2 aromatic carbocycles. The molecule has 128 valence electrons. The highest BCUT2D eigenvalue weighted by atomic mass is 19.4. The van der Waals surface area contributed by atoms with Gasteiger partial charge in [-0.1, -0.05) is 12.1 Å². The summed E-state index contributed by atoms with van der Waals surface area (Å²) in [5, 5.41) is 9.30. The van der Waals surface area contributed by atoms with Crippen LogP contribution in [0.25, 0.3) is 16.6 Å². The van der Waals surface area contributed by atoms with Crippen molar-refractivity contribution in [3.63, 3.8) is 0 Å². The number of nitrogens with zero attached hydrogens (tertiary/aromatic N) is 1. The van der Waals surface area contributed by atoms with Crippen LogP contribution in [0.4, 0.5) is 18.9 Å². The molecule has 0 aliphatic carbocycles. The predicted octanol–water partition coefficient (Wildman–Crippen LogP) is 3.29. The molecule has 0 unspecified atom stereocenters. The van der Waals surface area contributed by atoms with Crippen LogP contribution in [0.3, 0.4) is 0 Å². The molecule has 0 aliphatic heterocycles. The fraction of sp³-hybridized carbons (Fsp3) is 0.0588. The number of nitrogens with two attached hydrogens (primary N) is 1. The molecule has 0 saturated heterocycles. The third-order valence-electron chi connectivity index (χ3n) is 3.69. The lowest BCUT2D eigenvalue weighted by atomic mass is 10.1. The van der Waals surface area contributed by atoms with Gasteiger partial charge < -0.3 is 15.4 Å². The molecule has 25 heavy (non-hydrogen) atoms. The summed E-state index contributed by atoms with van der Waals surface area (Å²) in [6.45, 7) is 0. The summed E-state index contributed by atoms with van der Waals surface area (Å²) in [4.78, 5) is 23.6. The lowest BCUT2D eigenvalue weighted by Crippen LogP contribution is -2.18. The Kier molecular flexibility index (Phi) is 3.75. The Morgan fingerprint density at radius 1 is 1.12 bits per heavy atom. The standard InChI is InChI=1S/C17H11F3N2O3/c18-17(19,20)9-5-10(21)7-11(6-9)22-8-13(16(24)25)15(23)12-3-1-2-4-14(12)22/h1-8H,21H2,(H,24,25). The molecule has 0 amide bonds. The van der Waals surface area contributed by atoms with Gasteiger partial charge in [0.1, 0.15) is 5.56 Å². The molecule has 0 bridgehead atoms. The number of halogens is 3. The van der Waals surface area contributed by atoms with Crippen LogP contribution in [0.15, 0.2) is 53.5 Å². The second-order valence-corrected chi connectivity index (χ2v) is 5.38. The highest BCUT2D eigenvalue weighted by Gasteiger charge is 2.31. The SMILES string of the molecule is Nc1cc(-n2cc(C(=O)O)c(=O)c3ccccc32)cc(C(F)(F)F)c1. The average molecular weight is 348 g/mol. The third-order valence-corrected chi connectivity index (χ3v) is 3.69. The predicted molar refractivity (Wildman–Crippen MR) is 85.9 cm³/mol. The minimum absolute atomic E-state index is 0.00558. The summed E-state index contributed by atoms with van der Waals surface area (Å²) < 4.78 is 40.3. The van der Waals surface area contributed by atoms with E-state index in [9.17, 15) is 27.9 Å². The lowest BCUT2D eigenvalue weighted by Gasteiger charge is -2.15. The Bertz CT molecular complexity index is 1060. The van der Waals surface area contributed by atoms with E-state index in [-0.39, 0.29) is 22.3 Å². The van der Waals surface area contributed by atoms with E-state index >= 15 is 0 Å². The number of carboxylic acids is 1. The molecule has 3 aromatic rings. The maximum absolute atomic E-state index is 13.0. The molecule has 3 N–H and O–H groups in total. The molecule has 0 fully saturated rings. The highest BCUT2D eigenvalue weighted by Crippen LogP contribution is 2.32. The number of fused-ring (bicyclic) bond motifs is 1. The molecular weight excluding hydrogens is 337 g/mol. The first-order chi connectivity index (χ1) is 11.7. The summed E-state index contributed by atoms with van der Waals surface area (Å²) >= 11 is 0. The monoisotopic (exact) mass is 348 g/mol. The van der Waals surface area contributed by atoms with Crippen LogP contribution in [-0.2, 0) is 6.18 Å². The number of carboxylic acid groups (broad SMARTS) is 1. The van der Waals surface area contributed by atoms with Gasteiger partial charge >= 0.3 is 12.1 Å². The van der Waals surface area contributed by atoms with Gasteiger partial charge in [0, 0.05) is 23.0 Å². The van der Waals surface area contributed by atoms with Crippen molar-refractivity contribution in [1.82, 2.24) is 4.57 Å². The summed E-state index contributed by atoms with van der Waals surface area (Å²) in [6, 6.07) is 8.97.